The van der Waals surface area contributed by atoms with E-state index >= 15 is 0 Å². The van der Waals surface area contributed by atoms with Crippen LogP contribution in [0.3, 0.4) is 0 Å². The number of hydrogen-bond donors (Lipinski definition) is 2. The number of ether oxygens (including phenoxy) is 2. The van der Waals surface area contributed by atoms with Gasteiger partial charge in [0.15, 0.2) is 5.65 Å². The molecular weight excluding hydrogens is 722 g/mol. The first-order valence-corrected chi connectivity index (χ1v) is 18.8. The first kappa shape index (κ1) is 36.7. The summed E-state index contributed by atoms with van der Waals surface area (Å²) in [5.41, 5.74) is 6.17. The van der Waals surface area contributed by atoms with E-state index < -0.39 is 11.2 Å². The number of aryl methyl sites for hydroxylation is 3. The number of likely N-dealkylation sites (tertiary alicyclic amines) is 1. The summed E-state index contributed by atoms with van der Waals surface area (Å²) < 4.78 is 13.6. The number of amides is 2. The Morgan fingerprint density at radius 1 is 0.982 bits per heavy atom. The van der Waals surface area contributed by atoms with Crippen LogP contribution in [0, 0.1) is 13.8 Å². The highest BCUT2D eigenvalue weighted by molar-refractivity contribution is 6.36. The number of nitrogens with one attached hydrogen (secondary N) is 2. The molecule has 3 aromatic heterocycles. The average Bonchev–Trinajstić information content (AvgIpc) is 3.88. The van der Waals surface area contributed by atoms with Gasteiger partial charge in [-0.1, -0.05) is 41.9 Å². The highest BCUT2D eigenvalue weighted by atomic mass is 35.5. The van der Waals surface area contributed by atoms with E-state index in [9.17, 15) is 14.4 Å². The molecule has 2 aliphatic heterocycles. The van der Waals surface area contributed by atoms with Gasteiger partial charge in [-0.05, 0) is 61.9 Å². The topological polar surface area (TPSA) is 149 Å². The van der Waals surface area contributed by atoms with Crippen molar-refractivity contribution in [2.45, 2.75) is 44.7 Å². The van der Waals surface area contributed by atoms with Crippen LogP contribution in [0.15, 0.2) is 52.1 Å². The highest BCUT2D eigenvalue weighted by Crippen LogP contribution is 2.46. The normalized spacial score (nSPS) is 19.4. The third-order valence-corrected chi connectivity index (χ3v) is 11.8. The van der Waals surface area contributed by atoms with Crippen molar-refractivity contribution in [3.8, 4) is 28.3 Å². The Labute approximate surface area is 323 Å². The van der Waals surface area contributed by atoms with Crippen molar-refractivity contribution >= 4 is 40.2 Å². The lowest BCUT2D eigenvalue weighted by Crippen LogP contribution is -2.46. The molecule has 2 atom stereocenters. The van der Waals surface area contributed by atoms with E-state index in [0.717, 1.165) is 76.1 Å². The van der Waals surface area contributed by atoms with Crippen molar-refractivity contribution in [1.82, 2.24) is 39.2 Å². The van der Waals surface area contributed by atoms with Gasteiger partial charge in [0.05, 0.1) is 30.0 Å². The predicted octanol–water partition coefficient (Wildman–Crippen LogP) is 4.88. The minimum atomic E-state index is -0.481. The maximum absolute atomic E-state index is 13.3. The molecular formula is C40H44ClN9O5. The Kier molecular flexibility index (Phi) is 9.38. The Morgan fingerprint density at radius 2 is 1.75 bits per heavy atom. The Morgan fingerprint density at radius 3 is 2.53 bits per heavy atom. The summed E-state index contributed by atoms with van der Waals surface area (Å²) >= 11 is 7.28. The van der Waals surface area contributed by atoms with Gasteiger partial charge in [-0.2, -0.15) is 0 Å². The van der Waals surface area contributed by atoms with Crippen LogP contribution in [0.25, 0.3) is 33.4 Å². The Bertz CT molecular complexity index is 2500. The summed E-state index contributed by atoms with van der Waals surface area (Å²) in [6, 6.07) is 14.0. The van der Waals surface area contributed by atoms with Gasteiger partial charge >= 0.3 is 11.7 Å². The van der Waals surface area contributed by atoms with Gasteiger partial charge in [0.2, 0.25) is 5.88 Å². The second kappa shape index (κ2) is 14.1. The number of fused-ring (bicyclic) bond motifs is 2. The molecule has 2 amide bonds. The largest absolute Gasteiger partial charge is 0.481 e. The molecule has 14 nitrogen and oxygen atoms in total. The molecule has 2 N–H and O–H groups in total. The molecule has 5 aromatic rings. The van der Waals surface area contributed by atoms with Gasteiger partial charge in [0.25, 0.3) is 5.56 Å². The summed E-state index contributed by atoms with van der Waals surface area (Å²) in [6.07, 6.45) is 2.69. The number of nitrogens with zero attached hydrogens (tertiary/aromatic N) is 7. The SMILES string of the molecule is COCCN1C[C@]2(CCN([C@H]3CCc4cc(-c5cccc(-c6cccc(Nc7nc(C)nc8c7c(=O)n(C)c(=O)n8C)c6C)c5Cl)nc(OC)c43)C2)NC1=O. The summed E-state index contributed by atoms with van der Waals surface area (Å²) in [5.74, 6) is 1.32. The van der Waals surface area contributed by atoms with E-state index in [0.29, 0.717) is 42.2 Å². The molecule has 1 aliphatic carbocycles. The molecule has 1 spiro atoms. The van der Waals surface area contributed by atoms with E-state index in [1.54, 1.807) is 28.2 Å². The van der Waals surface area contributed by atoms with E-state index in [1.807, 2.05) is 48.2 Å². The van der Waals surface area contributed by atoms with Crippen LogP contribution in [0.1, 0.15) is 41.4 Å². The van der Waals surface area contributed by atoms with Crippen LogP contribution >= 0.6 is 11.6 Å². The fraction of sp³-hybridized carbons (Fsp3) is 0.400. The number of anilines is 2. The number of urea groups is 1. The molecule has 3 aliphatic rings. The molecule has 286 valence electrons. The highest BCUT2D eigenvalue weighted by Gasteiger charge is 2.49. The van der Waals surface area contributed by atoms with Crippen LogP contribution in [-0.4, -0.2) is 92.5 Å². The second-order valence-electron chi connectivity index (χ2n) is 14.8. The number of carbonyl (C=O) groups is 1. The first-order valence-electron chi connectivity index (χ1n) is 18.4. The summed E-state index contributed by atoms with van der Waals surface area (Å²) in [5, 5.41) is 7.41. The van der Waals surface area contributed by atoms with E-state index in [4.69, 9.17) is 26.1 Å². The minimum Gasteiger partial charge on any atom is -0.481 e. The van der Waals surface area contributed by atoms with Crippen molar-refractivity contribution in [3.63, 3.8) is 0 Å². The van der Waals surface area contributed by atoms with E-state index in [2.05, 4.69) is 31.6 Å². The van der Waals surface area contributed by atoms with Gasteiger partial charge in [-0.25, -0.2) is 24.5 Å². The molecule has 0 bridgehead atoms. The Hall–Kier alpha value is -5.31. The summed E-state index contributed by atoms with van der Waals surface area (Å²) in [7, 11) is 6.34. The van der Waals surface area contributed by atoms with Crippen LogP contribution in [0.2, 0.25) is 5.02 Å². The fourth-order valence-electron chi connectivity index (χ4n) is 8.59. The predicted molar refractivity (Wildman–Crippen MR) is 211 cm³/mol. The Balaban J connectivity index is 1.10. The number of rotatable bonds is 9. The van der Waals surface area contributed by atoms with Crippen LogP contribution in [0.4, 0.5) is 16.3 Å². The molecule has 2 fully saturated rings. The summed E-state index contributed by atoms with van der Waals surface area (Å²) in [4.78, 5) is 57.1. The monoisotopic (exact) mass is 765 g/mol. The van der Waals surface area contributed by atoms with E-state index in [1.165, 1.54) is 17.2 Å². The first-order chi connectivity index (χ1) is 26.4. The van der Waals surface area contributed by atoms with Gasteiger partial charge in [0, 0.05) is 75.8 Å². The molecule has 15 heteroatoms. The van der Waals surface area contributed by atoms with Crippen molar-refractivity contribution in [3.05, 3.63) is 90.8 Å². The van der Waals surface area contributed by atoms with Gasteiger partial charge < -0.3 is 25.0 Å². The number of aromatic nitrogens is 5. The maximum Gasteiger partial charge on any atom is 0.332 e. The van der Waals surface area contributed by atoms with Gasteiger partial charge in [-0.3, -0.25) is 18.8 Å². The van der Waals surface area contributed by atoms with Crippen molar-refractivity contribution in [1.29, 1.82) is 0 Å². The summed E-state index contributed by atoms with van der Waals surface area (Å²) in [6.45, 7) is 7.11. The molecule has 0 saturated carbocycles. The molecule has 5 heterocycles. The molecule has 0 radical (unpaired) electrons. The smallest absolute Gasteiger partial charge is 0.332 e. The lowest BCUT2D eigenvalue weighted by molar-refractivity contribution is 0.158. The van der Waals surface area contributed by atoms with E-state index in [-0.39, 0.29) is 28.6 Å². The fourth-order valence-corrected chi connectivity index (χ4v) is 8.92. The van der Waals surface area contributed by atoms with Crippen LogP contribution in [-0.2, 0) is 25.3 Å². The zero-order chi connectivity index (χ0) is 38.8. The van der Waals surface area contributed by atoms with Crippen molar-refractivity contribution < 1.29 is 14.3 Å². The maximum atomic E-state index is 13.3. The second-order valence-corrected chi connectivity index (χ2v) is 15.2. The quantitative estimate of drug-likeness (QED) is 0.213. The van der Waals surface area contributed by atoms with Crippen molar-refractivity contribution in [2.24, 2.45) is 14.1 Å². The molecule has 2 saturated heterocycles. The molecule has 2 aromatic carbocycles. The lowest BCUT2D eigenvalue weighted by atomic mass is 9.96. The average molecular weight is 766 g/mol. The minimum absolute atomic E-state index is 0.0254. The number of carbonyl (C=O) groups excluding carboxylic acids is 1. The standard InChI is InChI=1S/C40H44ClN9O5/c1-22-25(9-8-12-28(22)44-34-32-35(43-23(2)42-34)47(3)39(53)48(4)37(32)51)26-10-7-11-27(33(26)41)29-19-24-13-14-30(31(24)36(45-29)55-6)49-16-15-40(20-49)21-50(17-18-54-5)38(52)46-40/h7-12,19,30H,13-18,20-21H2,1-6H3,(H,46,52)(H,42,43,44)/t30-,40+/m0/s1. The van der Waals surface area contributed by atoms with Crippen LogP contribution < -0.4 is 26.6 Å². The van der Waals surface area contributed by atoms with Crippen LogP contribution in [0.5, 0.6) is 5.88 Å². The molecule has 8 rings (SSSR count). The number of hydrogen-bond acceptors (Lipinski definition) is 10. The third-order valence-electron chi connectivity index (χ3n) is 11.4. The zero-order valence-corrected chi connectivity index (χ0v) is 32.6. The number of halogens is 1. The van der Waals surface area contributed by atoms with Gasteiger partial charge in [0.1, 0.15) is 17.0 Å². The molecule has 55 heavy (non-hydrogen) atoms. The van der Waals surface area contributed by atoms with Crippen molar-refractivity contribution in [2.75, 3.05) is 52.3 Å². The molecule has 0 unspecified atom stereocenters. The van der Waals surface area contributed by atoms with Gasteiger partial charge in [-0.15, -0.1) is 0 Å². The number of pyridine rings is 1. The number of methoxy groups -OCH3 is 2. The zero-order valence-electron chi connectivity index (χ0n) is 31.8. The lowest BCUT2D eigenvalue weighted by Gasteiger charge is -2.28. The third kappa shape index (κ3) is 6.21. The number of benzene rings is 2.